The smallest absolute Gasteiger partial charge is 0.425 e. The average molecular weight is 363 g/mol. The fourth-order valence-electron chi connectivity index (χ4n) is 1.70. The van der Waals surface area contributed by atoms with Gasteiger partial charge in [-0.15, -0.1) is 0 Å². The number of hydrogen-bond acceptors (Lipinski definition) is 7. The van der Waals surface area contributed by atoms with Crippen molar-refractivity contribution >= 4 is 24.0 Å². The van der Waals surface area contributed by atoms with E-state index in [0.717, 1.165) is 12.3 Å². The van der Waals surface area contributed by atoms with Crippen LogP contribution < -0.4 is 4.90 Å². The van der Waals surface area contributed by atoms with Crippen LogP contribution in [0.2, 0.25) is 0 Å². The van der Waals surface area contributed by atoms with Crippen molar-refractivity contribution in [2.45, 2.75) is 52.7 Å². The van der Waals surface area contributed by atoms with E-state index in [1.165, 1.54) is 0 Å². The molecule has 0 bridgehead atoms. The third-order valence-electron chi connectivity index (χ3n) is 2.60. The molecule has 0 fully saturated rings. The highest BCUT2D eigenvalue weighted by atomic mass is 16.6. The van der Waals surface area contributed by atoms with E-state index >= 15 is 0 Å². The van der Waals surface area contributed by atoms with Gasteiger partial charge in [-0.05, 0) is 47.6 Å². The highest BCUT2D eigenvalue weighted by Gasteiger charge is 2.35. The molecule has 0 aliphatic carbocycles. The molecule has 0 atom stereocenters. The predicted octanol–water partition coefficient (Wildman–Crippen LogP) is 3.33. The maximum absolute atomic E-state index is 12.5. The Morgan fingerprint density at radius 1 is 1.08 bits per heavy atom. The van der Waals surface area contributed by atoms with Crippen molar-refractivity contribution in [3.63, 3.8) is 0 Å². The monoisotopic (exact) mass is 363 g/mol. The maximum atomic E-state index is 12.5. The summed E-state index contributed by atoms with van der Waals surface area (Å²) >= 11 is 0. The number of amides is 2. The maximum Gasteiger partial charge on any atom is 0.425 e. The Kier molecular flexibility index (Phi) is 5.94. The molecule has 0 saturated heterocycles. The second kappa shape index (κ2) is 7.39. The quantitative estimate of drug-likeness (QED) is 0.846. The first-order chi connectivity index (χ1) is 11.7. The zero-order valence-electron chi connectivity index (χ0n) is 15.5. The van der Waals surface area contributed by atoms with Gasteiger partial charge in [-0.1, -0.05) is 0 Å². The predicted molar refractivity (Wildman–Crippen MR) is 90.9 cm³/mol. The largest absolute Gasteiger partial charge is 0.478 e. The molecule has 0 unspecified atom stereocenters. The van der Waals surface area contributed by atoms with E-state index in [1.807, 2.05) is 0 Å². The number of hydrogen-bond donors (Lipinski definition) is 1. The molecule has 0 saturated carbocycles. The van der Waals surface area contributed by atoms with Crippen molar-refractivity contribution in [3.05, 3.63) is 23.4 Å². The van der Waals surface area contributed by atoms with Crippen LogP contribution in [-0.4, -0.2) is 39.4 Å². The Labute approximate surface area is 151 Å². The SMILES string of the molecule is CC(C)(C)OC(=O)N(C(=O)OC(C)(C)C)c1ncc(C(=O)O)cc1C#N. The van der Waals surface area contributed by atoms with Crippen molar-refractivity contribution in [1.29, 1.82) is 5.26 Å². The molecule has 9 nitrogen and oxygen atoms in total. The number of carboxylic acid groups (broad SMARTS) is 1. The fraction of sp³-hybridized carbons (Fsp3) is 0.471. The minimum atomic E-state index is -1.30. The molecular formula is C17H21N3O6. The summed E-state index contributed by atoms with van der Waals surface area (Å²) in [6.45, 7) is 9.61. The van der Waals surface area contributed by atoms with Gasteiger partial charge >= 0.3 is 18.2 Å². The summed E-state index contributed by atoms with van der Waals surface area (Å²) in [6, 6.07) is 2.73. The van der Waals surface area contributed by atoms with Crippen LogP contribution in [0.15, 0.2) is 12.3 Å². The zero-order valence-corrected chi connectivity index (χ0v) is 15.5. The number of nitriles is 1. The molecule has 0 spiro atoms. The number of carbonyl (C=O) groups is 3. The van der Waals surface area contributed by atoms with Gasteiger partial charge in [0.05, 0.1) is 11.1 Å². The summed E-state index contributed by atoms with van der Waals surface area (Å²) in [5.74, 6) is -1.68. The van der Waals surface area contributed by atoms with Crippen LogP contribution in [-0.2, 0) is 9.47 Å². The molecule has 1 heterocycles. The molecule has 1 aromatic heterocycles. The Bertz CT molecular complexity index is 740. The van der Waals surface area contributed by atoms with Crippen molar-refractivity contribution in [1.82, 2.24) is 4.98 Å². The van der Waals surface area contributed by atoms with E-state index < -0.39 is 29.4 Å². The lowest BCUT2D eigenvalue weighted by Gasteiger charge is -2.28. The average Bonchev–Trinajstić information content (AvgIpc) is 2.43. The highest BCUT2D eigenvalue weighted by Crippen LogP contribution is 2.24. The number of aromatic carboxylic acids is 1. The van der Waals surface area contributed by atoms with E-state index in [9.17, 15) is 19.6 Å². The third kappa shape index (κ3) is 5.73. The van der Waals surface area contributed by atoms with Gasteiger partial charge in [-0.2, -0.15) is 10.2 Å². The molecule has 0 radical (unpaired) electrons. The van der Waals surface area contributed by atoms with E-state index in [2.05, 4.69) is 4.98 Å². The van der Waals surface area contributed by atoms with Crippen LogP contribution in [0, 0.1) is 11.3 Å². The summed E-state index contributed by atoms with van der Waals surface area (Å²) in [6.07, 6.45) is -1.27. The molecule has 2 amide bonds. The first-order valence-electron chi connectivity index (χ1n) is 7.64. The topological polar surface area (TPSA) is 130 Å². The first kappa shape index (κ1) is 20.9. The third-order valence-corrected chi connectivity index (χ3v) is 2.60. The summed E-state index contributed by atoms with van der Waals surface area (Å²) in [7, 11) is 0. The molecule has 0 aliphatic rings. The Hall–Kier alpha value is -3.15. The van der Waals surface area contributed by atoms with Gasteiger partial charge in [0.25, 0.3) is 0 Å². The number of anilines is 1. The Morgan fingerprint density at radius 3 is 1.88 bits per heavy atom. The molecule has 140 valence electrons. The lowest BCUT2D eigenvalue weighted by atomic mass is 10.2. The van der Waals surface area contributed by atoms with E-state index in [0.29, 0.717) is 4.90 Å². The van der Waals surface area contributed by atoms with Crippen LogP contribution in [0.4, 0.5) is 15.4 Å². The molecule has 1 aromatic rings. The summed E-state index contributed by atoms with van der Waals surface area (Å²) in [5.41, 5.74) is -2.41. The Balaban J connectivity index is 3.45. The number of aromatic nitrogens is 1. The summed E-state index contributed by atoms with van der Waals surface area (Å²) in [4.78, 5) is 40.3. The number of rotatable bonds is 2. The Morgan fingerprint density at radius 2 is 1.54 bits per heavy atom. The molecule has 1 N–H and O–H groups in total. The number of imide groups is 1. The second-order valence-electron chi connectivity index (χ2n) is 7.31. The molecule has 26 heavy (non-hydrogen) atoms. The van der Waals surface area contributed by atoms with Crippen molar-refractivity contribution in [2.24, 2.45) is 0 Å². The van der Waals surface area contributed by atoms with Gasteiger partial charge in [0.2, 0.25) is 0 Å². The zero-order chi connectivity index (χ0) is 20.3. The minimum Gasteiger partial charge on any atom is -0.478 e. The fourth-order valence-corrected chi connectivity index (χ4v) is 1.70. The molecular weight excluding hydrogens is 342 g/mol. The molecule has 0 aliphatic heterocycles. The lowest BCUT2D eigenvalue weighted by molar-refractivity contribution is 0.0428. The molecule has 0 aromatic carbocycles. The van der Waals surface area contributed by atoms with Gasteiger partial charge in [0, 0.05) is 6.20 Å². The summed E-state index contributed by atoms with van der Waals surface area (Å²) < 4.78 is 10.4. The van der Waals surface area contributed by atoms with Crippen LogP contribution in [0.25, 0.3) is 0 Å². The summed E-state index contributed by atoms with van der Waals surface area (Å²) in [5, 5.41) is 18.3. The van der Waals surface area contributed by atoms with E-state index in [1.54, 1.807) is 47.6 Å². The van der Waals surface area contributed by atoms with Crippen molar-refractivity contribution in [2.75, 3.05) is 4.90 Å². The van der Waals surface area contributed by atoms with Crippen LogP contribution in [0.5, 0.6) is 0 Å². The van der Waals surface area contributed by atoms with Gasteiger partial charge in [0.1, 0.15) is 17.3 Å². The van der Waals surface area contributed by atoms with Crippen molar-refractivity contribution in [3.8, 4) is 6.07 Å². The number of nitrogens with zero attached hydrogens (tertiary/aromatic N) is 3. The van der Waals surface area contributed by atoms with Crippen LogP contribution in [0.1, 0.15) is 57.5 Å². The van der Waals surface area contributed by atoms with Crippen LogP contribution >= 0.6 is 0 Å². The number of carboxylic acids is 1. The van der Waals surface area contributed by atoms with E-state index in [4.69, 9.17) is 14.6 Å². The standard InChI is InChI=1S/C17H21N3O6/c1-16(2,3)25-14(23)20(15(24)26-17(4,5)6)12-10(8-18)7-11(9-19-12)13(21)22/h7,9H,1-6H3,(H,21,22). The van der Waals surface area contributed by atoms with Crippen LogP contribution in [0.3, 0.4) is 0 Å². The number of carbonyl (C=O) groups excluding carboxylic acids is 2. The second-order valence-corrected chi connectivity index (χ2v) is 7.31. The van der Waals surface area contributed by atoms with Gasteiger partial charge < -0.3 is 14.6 Å². The molecule has 1 rings (SSSR count). The van der Waals surface area contributed by atoms with Crippen molar-refractivity contribution < 1.29 is 29.0 Å². The lowest BCUT2D eigenvalue weighted by Crippen LogP contribution is -2.44. The van der Waals surface area contributed by atoms with Gasteiger partial charge in [0.15, 0.2) is 5.82 Å². The van der Waals surface area contributed by atoms with Gasteiger partial charge in [-0.25, -0.2) is 19.4 Å². The molecule has 9 heteroatoms. The number of ether oxygens (including phenoxy) is 2. The van der Waals surface area contributed by atoms with E-state index in [-0.39, 0.29) is 16.9 Å². The van der Waals surface area contributed by atoms with Gasteiger partial charge in [-0.3, -0.25) is 0 Å². The first-order valence-corrected chi connectivity index (χ1v) is 7.64. The normalized spacial score (nSPS) is 11.3. The minimum absolute atomic E-state index is 0.265. The highest BCUT2D eigenvalue weighted by molar-refractivity contribution is 6.09. The number of pyridine rings is 1.